The highest BCUT2D eigenvalue weighted by Gasteiger charge is 2.25. The van der Waals surface area contributed by atoms with Crippen molar-refractivity contribution in [2.45, 2.75) is 33.1 Å². The van der Waals surface area contributed by atoms with Crippen LogP contribution in [0, 0.1) is 11.8 Å². The first kappa shape index (κ1) is 16.7. The molecule has 22 heavy (non-hydrogen) atoms. The number of methoxy groups -OCH3 is 1. The molecule has 1 fully saturated rings. The number of carbonyl (C=O) groups excluding carboxylic acids is 1. The number of rotatable bonds is 7. The van der Waals surface area contributed by atoms with Gasteiger partial charge >= 0.3 is 0 Å². The van der Waals surface area contributed by atoms with Gasteiger partial charge < -0.3 is 15.0 Å². The SMILES string of the molecule is CCC(CC)C(=O)NC[C@@H]1CCN(c2ccccc2OC)C1. The van der Waals surface area contributed by atoms with E-state index in [0.717, 1.165) is 50.3 Å². The van der Waals surface area contributed by atoms with Crippen molar-refractivity contribution in [3.8, 4) is 5.75 Å². The third-order valence-corrected chi connectivity index (χ3v) is 4.63. The Morgan fingerprint density at radius 2 is 2.09 bits per heavy atom. The van der Waals surface area contributed by atoms with E-state index >= 15 is 0 Å². The molecule has 1 aliphatic rings. The van der Waals surface area contributed by atoms with Crippen molar-refractivity contribution in [3.63, 3.8) is 0 Å². The van der Waals surface area contributed by atoms with Crippen LogP contribution in [0.4, 0.5) is 5.69 Å². The number of benzene rings is 1. The molecular formula is C18H28N2O2. The van der Waals surface area contributed by atoms with E-state index in [2.05, 4.69) is 30.1 Å². The third-order valence-electron chi connectivity index (χ3n) is 4.63. The Morgan fingerprint density at radius 3 is 2.77 bits per heavy atom. The van der Waals surface area contributed by atoms with Gasteiger partial charge in [-0.15, -0.1) is 0 Å². The summed E-state index contributed by atoms with van der Waals surface area (Å²) in [5.41, 5.74) is 1.15. The van der Waals surface area contributed by atoms with Crippen LogP contribution in [0.15, 0.2) is 24.3 Å². The summed E-state index contributed by atoms with van der Waals surface area (Å²) in [7, 11) is 1.71. The summed E-state index contributed by atoms with van der Waals surface area (Å²) in [6, 6.07) is 8.13. The van der Waals surface area contributed by atoms with E-state index in [1.165, 1.54) is 0 Å². The highest BCUT2D eigenvalue weighted by Crippen LogP contribution is 2.31. The Labute approximate surface area is 133 Å². The molecule has 2 rings (SSSR count). The zero-order valence-corrected chi connectivity index (χ0v) is 14.0. The summed E-state index contributed by atoms with van der Waals surface area (Å²) in [5.74, 6) is 1.81. The molecule has 0 spiro atoms. The quantitative estimate of drug-likeness (QED) is 0.841. The van der Waals surface area contributed by atoms with Crippen molar-refractivity contribution in [1.29, 1.82) is 0 Å². The maximum absolute atomic E-state index is 12.1. The van der Waals surface area contributed by atoms with Crippen LogP contribution < -0.4 is 15.0 Å². The van der Waals surface area contributed by atoms with E-state index in [0.29, 0.717) is 5.92 Å². The van der Waals surface area contributed by atoms with Gasteiger partial charge in [-0.2, -0.15) is 0 Å². The zero-order chi connectivity index (χ0) is 15.9. The maximum atomic E-state index is 12.1. The second kappa shape index (κ2) is 8.06. The van der Waals surface area contributed by atoms with Crippen molar-refractivity contribution in [2.75, 3.05) is 31.6 Å². The molecule has 0 radical (unpaired) electrons. The van der Waals surface area contributed by atoms with Crippen LogP contribution >= 0.6 is 0 Å². The van der Waals surface area contributed by atoms with Gasteiger partial charge in [-0.25, -0.2) is 0 Å². The van der Waals surface area contributed by atoms with E-state index in [1.807, 2.05) is 18.2 Å². The molecule has 122 valence electrons. The molecule has 1 heterocycles. The van der Waals surface area contributed by atoms with E-state index in [-0.39, 0.29) is 11.8 Å². The van der Waals surface area contributed by atoms with Crippen molar-refractivity contribution in [1.82, 2.24) is 5.32 Å². The van der Waals surface area contributed by atoms with Gasteiger partial charge in [0.2, 0.25) is 5.91 Å². The summed E-state index contributed by atoms with van der Waals surface area (Å²) in [6.07, 6.45) is 2.95. The summed E-state index contributed by atoms with van der Waals surface area (Å²) in [5, 5.41) is 3.13. The third kappa shape index (κ3) is 3.93. The largest absolute Gasteiger partial charge is 0.495 e. The van der Waals surface area contributed by atoms with Gasteiger partial charge in [0.15, 0.2) is 0 Å². The Hall–Kier alpha value is -1.71. The molecule has 1 saturated heterocycles. The number of nitrogens with zero attached hydrogens (tertiary/aromatic N) is 1. The number of amides is 1. The van der Waals surface area contributed by atoms with Gasteiger partial charge in [0.1, 0.15) is 5.75 Å². The highest BCUT2D eigenvalue weighted by molar-refractivity contribution is 5.78. The number of carbonyl (C=O) groups is 1. The standard InChI is InChI=1S/C18H28N2O2/c1-4-15(5-2)18(21)19-12-14-10-11-20(13-14)16-8-6-7-9-17(16)22-3/h6-9,14-15H,4-5,10-13H2,1-3H3,(H,19,21)/t14-/m0/s1. The molecule has 1 aliphatic heterocycles. The lowest BCUT2D eigenvalue weighted by molar-refractivity contribution is -0.125. The molecule has 1 atom stereocenters. The summed E-state index contributed by atoms with van der Waals surface area (Å²) < 4.78 is 5.44. The van der Waals surface area contributed by atoms with Gasteiger partial charge in [-0.3, -0.25) is 4.79 Å². The second-order valence-electron chi connectivity index (χ2n) is 6.03. The zero-order valence-electron chi connectivity index (χ0n) is 14.0. The van der Waals surface area contributed by atoms with Crippen LogP contribution in [0.5, 0.6) is 5.75 Å². The lowest BCUT2D eigenvalue weighted by Gasteiger charge is -2.21. The summed E-state index contributed by atoms with van der Waals surface area (Å²) in [6.45, 7) is 6.93. The summed E-state index contributed by atoms with van der Waals surface area (Å²) in [4.78, 5) is 14.4. The molecule has 1 amide bonds. The van der Waals surface area contributed by atoms with Crippen molar-refractivity contribution < 1.29 is 9.53 Å². The lowest BCUT2D eigenvalue weighted by Crippen LogP contribution is -2.35. The maximum Gasteiger partial charge on any atom is 0.223 e. The van der Waals surface area contributed by atoms with Gasteiger partial charge in [0.05, 0.1) is 12.8 Å². The lowest BCUT2D eigenvalue weighted by atomic mass is 10.0. The molecular weight excluding hydrogens is 276 g/mol. The number of anilines is 1. The molecule has 0 aliphatic carbocycles. The monoisotopic (exact) mass is 304 g/mol. The smallest absolute Gasteiger partial charge is 0.223 e. The minimum Gasteiger partial charge on any atom is -0.495 e. The van der Waals surface area contributed by atoms with Gasteiger partial charge in [-0.1, -0.05) is 26.0 Å². The number of hydrogen-bond acceptors (Lipinski definition) is 3. The van der Waals surface area contributed by atoms with Gasteiger partial charge in [-0.05, 0) is 37.3 Å². The predicted molar refractivity (Wildman–Crippen MR) is 90.4 cm³/mol. The number of hydrogen-bond donors (Lipinski definition) is 1. The fraction of sp³-hybridized carbons (Fsp3) is 0.611. The second-order valence-corrected chi connectivity index (χ2v) is 6.03. The molecule has 1 aromatic rings. The van der Waals surface area contributed by atoms with Crippen LogP contribution in [0.1, 0.15) is 33.1 Å². The first-order valence-corrected chi connectivity index (χ1v) is 8.35. The average Bonchev–Trinajstić information content (AvgIpc) is 3.02. The van der Waals surface area contributed by atoms with Crippen molar-refractivity contribution in [2.24, 2.45) is 11.8 Å². The fourth-order valence-corrected chi connectivity index (χ4v) is 3.16. The number of ether oxygens (including phenoxy) is 1. The number of para-hydroxylation sites is 2. The van der Waals surface area contributed by atoms with E-state index in [1.54, 1.807) is 7.11 Å². The minimum absolute atomic E-state index is 0.159. The molecule has 1 aromatic carbocycles. The van der Waals surface area contributed by atoms with Gasteiger partial charge in [0, 0.05) is 25.6 Å². The van der Waals surface area contributed by atoms with Crippen LogP contribution in [-0.4, -0.2) is 32.7 Å². The van der Waals surface area contributed by atoms with Crippen molar-refractivity contribution in [3.05, 3.63) is 24.3 Å². The van der Waals surface area contributed by atoms with Crippen LogP contribution in [-0.2, 0) is 4.79 Å². The Bertz CT molecular complexity index is 486. The fourth-order valence-electron chi connectivity index (χ4n) is 3.16. The van der Waals surface area contributed by atoms with Crippen LogP contribution in [0.3, 0.4) is 0 Å². The Morgan fingerprint density at radius 1 is 1.36 bits per heavy atom. The Balaban J connectivity index is 1.87. The molecule has 4 heteroatoms. The van der Waals surface area contributed by atoms with E-state index in [9.17, 15) is 4.79 Å². The minimum atomic E-state index is 0.159. The number of nitrogens with one attached hydrogen (secondary N) is 1. The van der Waals surface area contributed by atoms with E-state index in [4.69, 9.17) is 4.74 Å². The normalized spacial score (nSPS) is 17.8. The molecule has 0 bridgehead atoms. The average molecular weight is 304 g/mol. The van der Waals surface area contributed by atoms with Gasteiger partial charge in [0.25, 0.3) is 0 Å². The summed E-state index contributed by atoms with van der Waals surface area (Å²) >= 11 is 0. The molecule has 0 unspecified atom stereocenters. The first-order chi connectivity index (χ1) is 10.7. The predicted octanol–water partition coefficient (Wildman–Crippen LogP) is 3.07. The van der Waals surface area contributed by atoms with Crippen LogP contribution in [0.2, 0.25) is 0 Å². The topological polar surface area (TPSA) is 41.6 Å². The molecule has 1 N–H and O–H groups in total. The Kier molecular flexibility index (Phi) is 6.10. The molecule has 4 nitrogen and oxygen atoms in total. The van der Waals surface area contributed by atoms with Crippen molar-refractivity contribution >= 4 is 11.6 Å². The first-order valence-electron chi connectivity index (χ1n) is 8.35. The van der Waals surface area contributed by atoms with E-state index < -0.39 is 0 Å². The van der Waals surface area contributed by atoms with Crippen LogP contribution in [0.25, 0.3) is 0 Å². The molecule has 0 aromatic heterocycles. The molecule has 0 saturated carbocycles. The highest BCUT2D eigenvalue weighted by atomic mass is 16.5.